The number of likely N-dealkylation sites (N-methyl/N-ethyl adjacent to an activating group) is 1. The van der Waals surface area contributed by atoms with Gasteiger partial charge in [0.15, 0.2) is 0 Å². The maximum absolute atomic E-state index is 13.2. The van der Waals surface area contributed by atoms with E-state index in [9.17, 15) is 14.3 Å². The fourth-order valence-electron chi connectivity index (χ4n) is 4.13. The number of aryl methyl sites for hydroxylation is 1. The molecule has 1 aliphatic rings. The molecule has 3 aromatic rings. The molecule has 0 spiro atoms. The van der Waals surface area contributed by atoms with Gasteiger partial charge in [-0.25, -0.2) is 9.18 Å². The molecule has 0 fully saturated rings. The Kier molecular flexibility index (Phi) is 4.48. The van der Waals surface area contributed by atoms with Gasteiger partial charge in [0.25, 0.3) is 0 Å². The van der Waals surface area contributed by atoms with E-state index >= 15 is 0 Å². The highest BCUT2D eigenvalue weighted by atomic mass is 19.1. The van der Waals surface area contributed by atoms with Gasteiger partial charge in [-0.05, 0) is 49.4 Å². The van der Waals surface area contributed by atoms with Crippen LogP contribution in [0.1, 0.15) is 28.4 Å². The van der Waals surface area contributed by atoms with Crippen LogP contribution in [0, 0.1) is 12.7 Å². The SMILES string of the molecule is Cc1ccc2c(c1)c1c(n2C(Cc2ccc(F)cc2)C(=O)O)CCN(C)C1. The van der Waals surface area contributed by atoms with Gasteiger partial charge in [-0.2, -0.15) is 0 Å². The number of nitrogens with zero attached hydrogens (tertiary/aromatic N) is 2. The summed E-state index contributed by atoms with van der Waals surface area (Å²) in [6, 6.07) is 11.6. The number of carboxylic acid groups (broad SMARTS) is 1. The third kappa shape index (κ3) is 3.23. The molecule has 27 heavy (non-hydrogen) atoms. The van der Waals surface area contributed by atoms with Crippen LogP contribution in [0.4, 0.5) is 4.39 Å². The standard InChI is InChI=1S/C22H23FN2O2/c1-14-3-8-19-17(11-14)18-13-24(2)10-9-20(18)25(19)21(22(26)27)12-15-4-6-16(23)7-5-15/h3-8,11,21H,9-10,12-13H2,1-2H3,(H,26,27). The van der Waals surface area contributed by atoms with Crippen LogP contribution in [0.15, 0.2) is 42.5 Å². The molecule has 1 unspecified atom stereocenters. The molecule has 5 heteroatoms. The second-order valence-electron chi connectivity index (χ2n) is 7.49. The highest BCUT2D eigenvalue weighted by Gasteiger charge is 2.29. The number of carboxylic acids is 1. The highest BCUT2D eigenvalue weighted by Crippen LogP contribution is 2.35. The van der Waals surface area contributed by atoms with Crippen LogP contribution in [0.2, 0.25) is 0 Å². The largest absolute Gasteiger partial charge is 0.480 e. The Morgan fingerprint density at radius 2 is 1.96 bits per heavy atom. The lowest BCUT2D eigenvalue weighted by Crippen LogP contribution is -2.30. The van der Waals surface area contributed by atoms with Crippen molar-refractivity contribution in [3.8, 4) is 0 Å². The first-order chi connectivity index (χ1) is 12.9. The molecule has 1 aromatic heterocycles. The van der Waals surface area contributed by atoms with Crippen LogP contribution in [-0.4, -0.2) is 34.1 Å². The number of carbonyl (C=O) groups is 1. The quantitative estimate of drug-likeness (QED) is 0.761. The summed E-state index contributed by atoms with van der Waals surface area (Å²) in [6.07, 6.45) is 1.16. The molecule has 0 aliphatic carbocycles. The average Bonchev–Trinajstić information content (AvgIpc) is 2.94. The lowest BCUT2D eigenvalue weighted by Gasteiger charge is -2.26. The van der Waals surface area contributed by atoms with Gasteiger partial charge >= 0.3 is 5.97 Å². The number of rotatable bonds is 4. The van der Waals surface area contributed by atoms with Crippen LogP contribution in [-0.2, 0) is 24.2 Å². The zero-order valence-electron chi connectivity index (χ0n) is 15.6. The Hall–Kier alpha value is -2.66. The highest BCUT2D eigenvalue weighted by molar-refractivity contribution is 5.88. The van der Waals surface area contributed by atoms with Crippen molar-refractivity contribution in [2.75, 3.05) is 13.6 Å². The van der Waals surface area contributed by atoms with Crippen molar-refractivity contribution in [3.63, 3.8) is 0 Å². The summed E-state index contributed by atoms with van der Waals surface area (Å²) in [4.78, 5) is 14.5. The van der Waals surface area contributed by atoms with E-state index in [1.165, 1.54) is 23.3 Å². The van der Waals surface area contributed by atoms with E-state index in [0.29, 0.717) is 6.42 Å². The van der Waals surface area contributed by atoms with Crippen molar-refractivity contribution in [2.45, 2.75) is 32.4 Å². The smallest absolute Gasteiger partial charge is 0.327 e. The first kappa shape index (κ1) is 17.7. The van der Waals surface area contributed by atoms with Crippen molar-refractivity contribution in [2.24, 2.45) is 0 Å². The van der Waals surface area contributed by atoms with Crippen LogP contribution >= 0.6 is 0 Å². The second-order valence-corrected chi connectivity index (χ2v) is 7.49. The lowest BCUT2D eigenvalue weighted by molar-refractivity contribution is -0.140. The fourth-order valence-corrected chi connectivity index (χ4v) is 4.13. The van der Waals surface area contributed by atoms with Gasteiger partial charge in [-0.3, -0.25) is 0 Å². The van der Waals surface area contributed by atoms with Crippen molar-refractivity contribution in [3.05, 3.63) is 70.7 Å². The molecule has 0 saturated heterocycles. The van der Waals surface area contributed by atoms with Gasteiger partial charge < -0.3 is 14.6 Å². The Bertz CT molecular complexity index is 1010. The zero-order valence-corrected chi connectivity index (χ0v) is 15.6. The summed E-state index contributed by atoms with van der Waals surface area (Å²) in [6.45, 7) is 3.79. The van der Waals surface area contributed by atoms with E-state index in [4.69, 9.17) is 0 Å². The van der Waals surface area contributed by atoms with Gasteiger partial charge in [0.2, 0.25) is 0 Å². The number of halogens is 1. The van der Waals surface area contributed by atoms with Crippen LogP contribution in [0.5, 0.6) is 0 Å². The van der Waals surface area contributed by atoms with Crippen molar-refractivity contribution in [1.82, 2.24) is 9.47 Å². The van der Waals surface area contributed by atoms with Crippen LogP contribution in [0.25, 0.3) is 10.9 Å². The Balaban J connectivity index is 1.87. The maximum Gasteiger partial charge on any atom is 0.327 e. The molecule has 1 atom stereocenters. The first-order valence-electron chi connectivity index (χ1n) is 9.22. The molecule has 0 radical (unpaired) electrons. The van der Waals surface area contributed by atoms with E-state index in [-0.39, 0.29) is 5.82 Å². The van der Waals surface area contributed by atoms with E-state index in [2.05, 4.69) is 24.9 Å². The van der Waals surface area contributed by atoms with Gasteiger partial charge in [-0.15, -0.1) is 0 Å². The average molecular weight is 366 g/mol. The Morgan fingerprint density at radius 1 is 1.22 bits per heavy atom. The Labute approximate surface area is 157 Å². The second kappa shape index (κ2) is 6.82. The number of benzene rings is 2. The minimum Gasteiger partial charge on any atom is -0.480 e. The number of aromatic nitrogens is 1. The topological polar surface area (TPSA) is 45.5 Å². The predicted octanol–water partition coefficient (Wildman–Crippen LogP) is 3.95. The van der Waals surface area contributed by atoms with Gasteiger partial charge in [0, 0.05) is 42.5 Å². The molecule has 0 bridgehead atoms. The van der Waals surface area contributed by atoms with E-state index < -0.39 is 12.0 Å². The van der Waals surface area contributed by atoms with Crippen molar-refractivity contribution >= 4 is 16.9 Å². The molecule has 4 nitrogen and oxygen atoms in total. The molecular formula is C22H23FN2O2. The summed E-state index contributed by atoms with van der Waals surface area (Å²) in [5.74, 6) is -1.17. The van der Waals surface area contributed by atoms with E-state index in [0.717, 1.165) is 41.7 Å². The van der Waals surface area contributed by atoms with Gasteiger partial charge in [0.1, 0.15) is 11.9 Å². The monoisotopic (exact) mass is 366 g/mol. The minimum atomic E-state index is -0.862. The summed E-state index contributed by atoms with van der Waals surface area (Å²) < 4.78 is 15.2. The summed E-state index contributed by atoms with van der Waals surface area (Å²) >= 11 is 0. The fraction of sp³-hybridized carbons (Fsp3) is 0.318. The maximum atomic E-state index is 13.2. The molecule has 2 heterocycles. The lowest BCUT2D eigenvalue weighted by atomic mass is 10.0. The number of aliphatic carboxylic acids is 1. The number of fused-ring (bicyclic) bond motifs is 3. The van der Waals surface area contributed by atoms with Gasteiger partial charge in [0.05, 0.1) is 0 Å². The summed E-state index contributed by atoms with van der Waals surface area (Å²) in [5.41, 5.74) is 5.30. The Morgan fingerprint density at radius 3 is 2.67 bits per heavy atom. The first-order valence-corrected chi connectivity index (χ1v) is 9.22. The zero-order chi connectivity index (χ0) is 19.1. The predicted molar refractivity (Wildman–Crippen MR) is 103 cm³/mol. The summed E-state index contributed by atoms with van der Waals surface area (Å²) in [7, 11) is 2.09. The van der Waals surface area contributed by atoms with E-state index in [1.54, 1.807) is 12.1 Å². The normalized spacial score (nSPS) is 15.7. The molecule has 0 amide bonds. The third-order valence-corrected chi connectivity index (χ3v) is 5.47. The van der Waals surface area contributed by atoms with Crippen molar-refractivity contribution < 1.29 is 14.3 Å². The van der Waals surface area contributed by atoms with Gasteiger partial charge in [-0.1, -0.05) is 23.8 Å². The van der Waals surface area contributed by atoms with Crippen LogP contribution < -0.4 is 0 Å². The number of hydrogen-bond donors (Lipinski definition) is 1. The van der Waals surface area contributed by atoms with E-state index in [1.807, 2.05) is 16.7 Å². The molecule has 4 rings (SSSR count). The van der Waals surface area contributed by atoms with Crippen molar-refractivity contribution in [1.29, 1.82) is 0 Å². The number of hydrogen-bond acceptors (Lipinski definition) is 2. The molecule has 1 aliphatic heterocycles. The molecular weight excluding hydrogens is 343 g/mol. The molecule has 2 aromatic carbocycles. The summed E-state index contributed by atoms with van der Waals surface area (Å²) in [5, 5.41) is 11.2. The molecule has 140 valence electrons. The third-order valence-electron chi connectivity index (χ3n) is 5.47. The molecule has 0 saturated carbocycles. The minimum absolute atomic E-state index is 0.312. The van der Waals surface area contributed by atoms with Crippen LogP contribution in [0.3, 0.4) is 0 Å². The molecule has 1 N–H and O–H groups in total.